The summed E-state index contributed by atoms with van der Waals surface area (Å²) in [6.07, 6.45) is 9.73. The number of allylic oxidation sites excluding steroid dienone is 1. The van der Waals surface area contributed by atoms with Gasteiger partial charge in [0.15, 0.2) is 5.13 Å². The van der Waals surface area contributed by atoms with Crippen molar-refractivity contribution in [1.82, 2.24) is 25.5 Å². The number of hydrogen-bond donors (Lipinski definition) is 4. The topological polar surface area (TPSA) is 181 Å². The van der Waals surface area contributed by atoms with Crippen molar-refractivity contribution in [3.05, 3.63) is 41.8 Å². The smallest absolute Gasteiger partial charge is 0.408 e. The van der Waals surface area contributed by atoms with Crippen molar-refractivity contribution >= 4 is 51.2 Å². The van der Waals surface area contributed by atoms with Gasteiger partial charge in [0, 0.05) is 41.8 Å². The van der Waals surface area contributed by atoms with E-state index in [-0.39, 0.29) is 31.4 Å². The van der Waals surface area contributed by atoms with Crippen LogP contribution in [-0.2, 0) is 19.1 Å². The first-order valence-corrected chi connectivity index (χ1v) is 19.9. The minimum absolute atomic E-state index is 0.0345. The van der Waals surface area contributed by atoms with Gasteiger partial charge < -0.3 is 40.2 Å². The number of rotatable bonds is 9. The molecule has 54 heavy (non-hydrogen) atoms. The number of carbonyl (C=O) groups is 4. The SMILES string of the molecule is CCNc1nc(-c2cc(O[C@@H]3CC4C(=O)N[C@]5(C(=O)O)C[C@@H]5/C=C\CCCCC[C@H](NC(=O)OC5CCCC5)C(=O)N4C3)c3ccc(OC)cc3n2)cs1. The number of carbonyl (C=O) groups excluding carboxylic acids is 3. The van der Waals surface area contributed by atoms with Crippen LogP contribution in [0.3, 0.4) is 0 Å². The fourth-order valence-corrected chi connectivity index (χ4v) is 8.59. The van der Waals surface area contributed by atoms with Crippen molar-refractivity contribution in [2.75, 3.05) is 25.5 Å². The number of benzene rings is 1. The highest BCUT2D eigenvalue weighted by Gasteiger charge is 2.61. The third-order valence-electron chi connectivity index (χ3n) is 10.9. The number of ether oxygens (including phenoxy) is 3. The fraction of sp³-hybridized carbons (Fsp3) is 0.538. The molecule has 2 saturated carbocycles. The van der Waals surface area contributed by atoms with Gasteiger partial charge in [-0.2, -0.15) is 0 Å². The molecular formula is C39H48N6O8S. The molecule has 4 heterocycles. The molecule has 0 bridgehead atoms. The molecule has 5 atom stereocenters. The summed E-state index contributed by atoms with van der Waals surface area (Å²) in [5, 5.41) is 22.5. The molecule has 0 spiro atoms. The summed E-state index contributed by atoms with van der Waals surface area (Å²) < 4.78 is 17.9. The molecule has 1 saturated heterocycles. The second-order valence-corrected chi connectivity index (χ2v) is 15.4. The van der Waals surface area contributed by atoms with Crippen molar-refractivity contribution in [3.8, 4) is 22.9 Å². The maximum atomic E-state index is 14.5. The van der Waals surface area contributed by atoms with E-state index in [1.54, 1.807) is 7.11 Å². The molecule has 3 amide bonds. The summed E-state index contributed by atoms with van der Waals surface area (Å²) in [5.74, 6) is -1.36. The predicted octanol–water partition coefficient (Wildman–Crippen LogP) is 5.66. The quantitative estimate of drug-likeness (QED) is 0.198. The maximum absolute atomic E-state index is 14.5. The summed E-state index contributed by atoms with van der Waals surface area (Å²) in [6, 6.07) is 5.30. The number of hydrogen-bond acceptors (Lipinski definition) is 11. The summed E-state index contributed by atoms with van der Waals surface area (Å²) >= 11 is 1.47. The molecular weight excluding hydrogens is 713 g/mol. The number of carboxylic acid groups (broad SMARTS) is 1. The molecule has 7 rings (SSSR count). The third kappa shape index (κ3) is 8.10. The number of pyridine rings is 1. The normalized spacial score (nSPS) is 26.8. The Morgan fingerprint density at radius 3 is 2.65 bits per heavy atom. The lowest BCUT2D eigenvalue weighted by Crippen LogP contribution is -2.56. The number of nitrogens with one attached hydrogen (secondary N) is 3. The highest BCUT2D eigenvalue weighted by atomic mass is 32.1. The van der Waals surface area contributed by atoms with Crippen LogP contribution in [0, 0.1) is 5.92 Å². The van der Waals surface area contributed by atoms with E-state index in [0.29, 0.717) is 46.6 Å². The molecule has 4 aliphatic rings. The average molecular weight is 761 g/mol. The van der Waals surface area contributed by atoms with Crippen LogP contribution in [0.1, 0.15) is 77.6 Å². The number of aliphatic carboxylic acids is 1. The first-order chi connectivity index (χ1) is 26.2. The minimum atomic E-state index is -1.45. The van der Waals surface area contributed by atoms with Crippen LogP contribution in [0.4, 0.5) is 9.93 Å². The lowest BCUT2D eigenvalue weighted by atomic mass is 10.0. The second kappa shape index (κ2) is 16.2. The van der Waals surface area contributed by atoms with Crippen molar-refractivity contribution in [3.63, 3.8) is 0 Å². The van der Waals surface area contributed by atoms with Crippen LogP contribution in [-0.4, -0.2) is 93.9 Å². The van der Waals surface area contributed by atoms with Crippen LogP contribution in [0.15, 0.2) is 41.8 Å². The number of anilines is 1. The molecule has 0 radical (unpaired) electrons. The number of alkyl carbamates (subject to hydrolysis) is 1. The van der Waals surface area contributed by atoms with Crippen LogP contribution in [0.2, 0.25) is 0 Å². The van der Waals surface area contributed by atoms with E-state index in [1.165, 1.54) is 16.2 Å². The lowest BCUT2D eigenvalue weighted by molar-refractivity contribution is -0.145. The van der Waals surface area contributed by atoms with E-state index in [1.807, 2.05) is 48.7 Å². The van der Waals surface area contributed by atoms with Gasteiger partial charge in [-0.25, -0.2) is 19.6 Å². The van der Waals surface area contributed by atoms with Crippen molar-refractivity contribution in [2.45, 2.75) is 107 Å². The first-order valence-electron chi connectivity index (χ1n) is 19.0. The monoisotopic (exact) mass is 760 g/mol. The van der Waals surface area contributed by atoms with E-state index >= 15 is 0 Å². The van der Waals surface area contributed by atoms with Crippen LogP contribution in [0.25, 0.3) is 22.3 Å². The zero-order valence-electron chi connectivity index (χ0n) is 30.7. The Bertz CT molecular complexity index is 1910. The summed E-state index contributed by atoms with van der Waals surface area (Å²) in [7, 11) is 1.58. The van der Waals surface area contributed by atoms with Gasteiger partial charge >= 0.3 is 12.1 Å². The van der Waals surface area contributed by atoms with Gasteiger partial charge in [-0.1, -0.05) is 25.0 Å². The van der Waals surface area contributed by atoms with E-state index < -0.39 is 47.6 Å². The Labute approximate surface area is 318 Å². The molecule has 1 unspecified atom stereocenters. The van der Waals surface area contributed by atoms with Gasteiger partial charge in [-0.05, 0) is 70.4 Å². The Morgan fingerprint density at radius 2 is 1.87 bits per heavy atom. The molecule has 15 heteroatoms. The van der Waals surface area contributed by atoms with E-state index in [0.717, 1.165) is 56.6 Å². The number of carboxylic acids is 1. The molecule has 2 aliphatic heterocycles. The Hall–Kier alpha value is -4.92. The maximum Gasteiger partial charge on any atom is 0.408 e. The van der Waals surface area contributed by atoms with Crippen molar-refractivity contribution in [2.24, 2.45) is 5.92 Å². The zero-order chi connectivity index (χ0) is 37.8. The second-order valence-electron chi connectivity index (χ2n) is 14.6. The Balaban J connectivity index is 1.20. The molecule has 3 aromatic rings. The molecule has 4 N–H and O–H groups in total. The molecule has 14 nitrogen and oxygen atoms in total. The molecule has 2 aromatic heterocycles. The predicted molar refractivity (Wildman–Crippen MR) is 203 cm³/mol. The van der Waals surface area contributed by atoms with Gasteiger partial charge in [0.1, 0.15) is 47.0 Å². The number of thiazole rings is 1. The van der Waals surface area contributed by atoms with E-state index in [9.17, 15) is 24.3 Å². The largest absolute Gasteiger partial charge is 0.497 e. The number of nitrogens with zero attached hydrogens (tertiary/aromatic N) is 3. The van der Waals surface area contributed by atoms with Crippen molar-refractivity contribution in [1.29, 1.82) is 0 Å². The summed E-state index contributed by atoms with van der Waals surface area (Å²) in [4.78, 5) is 65.4. The highest BCUT2D eigenvalue weighted by Crippen LogP contribution is 2.45. The minimum Gasteiger partial charge on any atom is -0.497 e. The average Bonchev–Trinajstić information content (AvgIpc) is 3.59. The number of aromatic nitrogens is 2. The standard InChI is InChI=1S/C39H48N6O8S/c1-3-40-37-42-31(22-54-37)30-19-33(27-16-15-25(51-2)17-29(27)41-30)52-26-18-32-34(46)44-39(36(48)49)20-23(39)11-7-5-4-6-8-14-28(35(47)45(32)21-26)43-38(50)53-24-12-9-10-13-24/h7,11,15-17,19,22-24,26,28,32H,3-6,8-10,12-14,18,20-21H2,1-2H3,(H,40,42)(H,43,50)(H,44,46)(H,48,49)/b11-7-/t23-,26+,28-,32?,39+/m0/s1. The van der Waals surface area contributed by atoms with E-state index in [4.69, 9.17) is 24.2 Å². The van der Waals surface area contributed by atoms with Gasteiger partial charge in [0.25, 0.3) is 0 Å². The fourth-order valence-electron chi connectivity index (χ4n) is 7.82. The number of fused-ring (bicyclic) bond motifs is 3. The molecule has 1 aromatic carbocycles. The third-order valence-corrected chi connectivity index (χ3v) is 11.7. The van der Waals surface area contributed by atoms with Crippen LogP contribution in [0.5, 0.6) is 11.5 Å². The molecule has 288 valence electrons. The van der Waals surface area contributed by atoms with Gasteiger partial charge in [-0.15, -0.1) is 11.3 Å². The van der Waals surface area contributed by atoms with Crippen LogP contribution < -0.4 is 25.4 Å². The summed E-state index contributed by atoms with van der Waals surface area (Å²) in [6.45, 7) is 2.75. The summed E-state index contributed by atoms with van der Waals surface area (Å²) in [5.41, 5.74) is 0.403. The zero-order valence-corrected chi connectivity index (χ0v) is 31.5. The van der Waals surface area contributed by atoms with Crippen LogP contribution >= 0.6 is 11.3 Å². The lowest BCUT2D eigenvalue weighted by Gasteiger charge is -2.29. The number of amides is 3. The van der Waals surface area contributed by atoms with E-state index in [2.05, 4.69) is 16.0 Å². The van der Waals surface area contributed by atoms with Gasteiger partial charge in [0.05, 0.1) is 24.9 Å². The van der Waals surface area contributed by atoms with Crippen molar-refractivity contribution < 1.29 is 38.5 Å². The molecule has 2 aliphatic carbocycles. The first kappa shape index (κ1) is 37.4. The Morgan fingerprint density at radius 1 is 1.06 bits per heavy atom. The van der Waals surface area contributed by atoms with Gasteiger partial charge in [-0.3, -0.25) is 9.59 Å². The van der Waals surface area contributed by atoms with Gasteiger partial charge in [0.2, 0.25) is 11.8 Å². The molecule has 3 fully saturated rings. The number of methoxy groups -OCH3 is 1. The Kier molecular flexibility index (Phi) is 11.2. The highest BCUT2D eigenvalue weighted by molar-refractivity contribution is 7.14.